The third-order valence-corrected chi connectivity index (χ3v) is 2.64. The molecule has 0 atom stereocenters. The summed E-state index contributed by atoms with van der Waals surface area (Å²) in [4.78, 5) is 0. The second-order valence-electron chi connectivity index (χ2n) is 3.75. The molecule has 3 aromatic rings. The van der Waals surface area contributed by atoms with E-state index in [0.29, 0.717) is 0 Å². The first-order valence-electron chi connectivity index (χ1n) is 5.47. The van der Waals surface area contributed by atoms with Crippen molar-refractivity contribution in [2.75, 3.05) is 0 Å². The first-order chi connectivity index (χ1) is 8.45. The molecule has 3 nitrogen and oxygen atoms in total. The van der Waals surface area contributed by atoms with Crippen LogP contribution in [0.1, 0.15) is 0 Å². The van der Waals surface area contributed by atoms with Crippen LogP contribution in [0.4, 0.5) is 0 Å². The van der Waals surface area contributed by atoms with E-state index in [1.165, 1.54) is 0 Å². The van der Waals surface area contributed by atoms with Crippen LogP contribution in [-0.4, -0.2) is 74.5 Å². The molecule has 3 rings (SSSR count). The van der Waals surface area contributed by atoms with Crippen molar-refractivity contribution < 1.29 is 0 Å². The molecule has 0 fully saturated rings. The van der Waals surface area contributed by atoms with Crippen LogP contribution < -0.4 is 0 Å². The molecule has 0 saturated heterocycles. The Morgan fingerprint density at radius 2 is 0.947 bits per heavy atom. The van der Waals surface area contributed by atoms with Gasteiger partial charge in [-0.2, -0.15) is 15.4 Å². The summed E-state index contributed by atoms with van der Waals surface area (Å²) >= 11 is 0. The van der Waals surface area contributed by atoms with E-state index >= 15 is 0 Å². The van der Waals surface area contributed by atoms with Crippen molar-refractivity contribution in [3.05, 3.63) is 60.7 Å². The summed E-state index contributed by atoms with van der Waals surface area (Å²) in [6.45, 7) is 0. The summed E-state index contributed by atoms with van der Waals surface area (Å²) in [6.07, 6.45) is 0. The van der Waals surface area contributed by atoms with Gasteiger partial charge in [-0.3, -0.25) is 0 Å². The zero-order chi connectivity index (χ0) is 11.5. The Kier molecular flexibility index (Phi) is 7.00. The van der Waals surface area contributed by atoms with E-state index in [9.17, 15) is 0 Å². The second-order valence-corrected chi connectivity index (χ2v) is 3.75. The average molecular weight is 267 g/mol. The van der Waals surface area contributed by atoms with Crippen molar-refractivity contribution in [1.29, 1.82) is 0 Å². The summed E-state index contributed by atoms with van der Waals surface area (Å²) in [5.41, 5.74) is 3.91. The first kappa shape index (κ1) is 16.6. The van der Waals surface area contributed by atoms with Crippen LogP contribution in [0.5, 0.6) is 0 Å². The van der Waals surface area contributed by atoms with Gasteiger partial charge in [0, 0.05) is 70.2 Å². The molecule has 1 aromatic heterocycles. The zero-order valence-electron chi connectivity index (χ0n) is 11.2. The van der Waals surface area contributed by atoms with E-state index in [2.05, 4.69) is 15.4 Å². The minimum absolute atomic E-state index is 0. The number of hydrogen-bond donors (Lipinski definition) is 1. The quantitative estimate of drug-likeness (QED) is 0.724. The summed E-state index contributed by atoms with van der Waals surface area (Å²) < 4.78 is 0. The van der Waals surface area contributed by atoms with Gasteiger partial charge in [-0.25, -0.2) is 0 Å². The van der Waals surface area contributed by atoms with Gasteiger partial charge in [0.2, 0.25) is 0 Å². The average Bonchev–Trinajstić information content (AvgIpc) is 2.90. The second kappa shape index (κ2) is 8.00. The van der Waals surface area contributed by atoms with Crippen molar-refractivity contribution in [3.63, 3.8) is 0 Å². The van der Waals surface area contributed by atoms with Crippen molar-refractivity contribution >= 4 is 59.1 Å². The molecule has 19 heavy (non-hydrogen) atoms. The normalized spacial score (nSPS) is 9.26. The van der Waals surface area contributed by atoms with Gasteiger partial charge < -0.3 is 0 Å². The number of hydrogen-bond acceptors (Lipinski definition) is 2. The number of aromatic amines is 1. The van der Waals surface area contributed by atoms with E-state index in [4.69, 9.17) is 0 Å². The van der Waals surface area contributed by atoms with Gasteiger partial charge in [-0.15, -0.1) is 0 Å². The molecule has 0 spiro atoms. The third kappa shape index (κ3) is 3.78. The zero-order valence-corrected chi connectivity index (χ0v) is 15.2. The van der Waals surface area contributed by atoms with Crippen LogP contribution in [0.15, 0.2) is 60.7 Å². The van der Waals surface area contributed by atoms with Crippen LogP contribution in [0.2, 0.25) is 0 Å². The largest absolute Gasteiger partial charge is 0.197 e. The third-order valence-electron chi connectivity index (χ3n) is 2.64. The molecule has 1 N–H and O–H groups in total. The van der Waals surface area contributed by atoms with Crippen LogP contribution >= 0.6 is 0 Å². The van der Waals surface area contributed by atoms with E-state index in [-0.39, 0.29) is 59.1 Å². The van der Waals surface area contributed by atoms with Crippen molar-refractivity contribution in [2.24, 2.45) is 0 Å². The predicted octanol–water partition coefficient (Wildman–Crippen LogP) is 2.38. The molecule has 2 aromatic carbocycles. The van der Waals surface area contributed by atoms with Crippen LogP contribution in [0.3, 0.4) is 0 Å². The molecule has 0 aliphatic heterocycles. The van der Waals surface area contributed by atoms with Crippen molar-refractivity contribution in [1.82, 2.24) is 15.4 Å². The van der Waals surface area contributed by atoms with E-state index in [1.54, 1.807) is 0 Å². The molecular formula is C14H11N3Na2. The minimum atomic E-state index is 0. The Labute approximate surface area is 156 Å². The Morgan fingerprint density at radius 3 is 1.32 bits per heavy atom. The van der Waals surface area contributed by atoms with Crippen LogP contribution in [0.25, 0.3) is 22.5 Å². The fourth-order valence-electron chi connectivity index (χ4n) is 1.83. The minimum Gasteiger partial charge on any atom is -0.197 e. The van der Waals surface area contributed by atoms with E-state index < -0.39 is 0 Å². The molecule has 1 heterocycles. The first-order valence-corrected chi connectivity index (χ1v) is 5.47. The number of benzene rings is 2. The molecule has 0 amide bonds. The molecule has 84 valence electrons. The van der Waals surface area contributed by atoms with Crippen LogP contribution in [-0.2, 0) is 0 Å². The Balaban J connectivity index is 0.000000902. The monoisotopic (exact) mass is 267 g/mol. The smallest absolute Gasteiger partial charge is 0.120 e. The molecular weight excluding hydrogens is 256 g/mol. The maximum atomic E-state index is 4.23. The SMILES string of the molecule is [Na].[Na].c1ccc(-c2n[nH]nc2-c2ccccc2)cc1. The summed E-state index contributed by atoms with van der Waals surface area (Å²) in [5, 5.41) is 11.1. The maximum absolute atomic E-state index is 4.23. The molecule has 0 bridgehead atoms. The van der Waals surface area contributed by atoms with Crippen molar-refractivity contribution in [2.45, 2.75) is 0 Å². The maximum Gasteiger partial charge on any atom is 0.120 e. The summed E-state index contributed by atoms with van der Waals surface area (Å²) in [6, 6.07) is 20.1. The number of rotatable bonds is 2. The Bertz CT molecular complexity index is 555. The summed E-state index contributed by atoms with van der Waals surface area (Å²) in [5.74, 6) is 0. The van der Waals surface area contributed by atoms with Gasteiger partial charge in [-0.1, -0.05) is 60.7 Å². The van der Waals surface area contributed by atoms with E-state index in [0.717, 1.165) is 22.5 Å². The van der Waals surface area contributed by atoms with Gasteiger partial charge in [0.25, 0.3) is 0 Å². The van der Waals surface area contributed by atoms with Crippen LogP contribution in [0, 0.1) is 0 Å². The molecule has 0 aliphatic rings. The Hall–Kier alpha value is -0.420. The van der Waals surface area contributed by atoms with Gasteiger partial charge in [-0.05, 0) is 0 Å². The van der Waals surface area contributed by atoms with Gasteiger partial charge in [0.15, 0.2) is 0 Å². The van der Waals surface area contributed by atoms with Gasteiger partial charge in [0.05, 0.1) is 0 Å². The van der Waals surface area contributed by atoms with Gasteiger partial charge >= 0.3 is 0 Å². The summed E-state index contributed by atoms with van der Waals surface area (Å²) in [7, 11) is 0. The predicted molar refractivity (Wildman–Crippen MR) is 78.8 cm³/mol. The number of H-pyrrole nitrogens is 1. The standard InChI is InChI=1S/C14H11N3.2Na/c1-3-7-11(8-4-1)13-14(16-17-15-13)12-9-5-2-6-10-12;;/h1-10H,(H,15,16,17);;. The fraction of sp³-hybridized carbons (Fsp3) is 0. The Morgan fingerprint density at radius 1 is 0.579 bits per heavy atom. The molecule has 0 unspecified atom stereocenters. The topological polar surface area (TPSA) is 41.6 Å². The van der Waals surface area contributed by atoms with E-state index in [1.807, 2.05) is 60.7 Å². The fourth-order valence-corrected chi connectivity index (χ4v) is 1.83. The number of nitrogens with one attached hydrogen (secondary N) is 1. The van der Waals surface area contributed by atoms with Gasteiger partial charge in [0.1, 0.15) is 11.4 Å². The molecule has 2 radical (unpaired) electrons. The number of nitrogens with zero attached hydrogens (tertiary/aromatic N) is 2. The van der Waals surface area contributed by atoms with Crippen molar-refractivity contribution in [3.8, 4) is 22.5 Å². The molecule has 5 heteroatoms. The molecule has 0 aliphatic carbocycles. The molecule has 0 saturated carbocycles. The number of aromatic nitrogens is 3.